The number of fused-ring (bicyclic) bond motifs is 1. The van der Waals surface area contributed by atoms with E-state index in [0.717, 1.165) is 6.54 Å². The van der Waals surface area contributed by atoms with Gasteiger partial charge in [-0.2, -0.15) is 0 Å². The Morgan fingerprint density at radius 3 is 3.22 bits per heavy atom. The first-order valence-electron chi connectivity index (χ1n) is 6.79. The lowest BCUT2D eigenvalue weighted by atomic mass is 10.1. The third kappa shape index (κ3) is 2.57. The molecule has 1 atom stereocenters. The van der Waals surface area contributed by atoms with Crippen molar-refractivity contribution in [3.05, 3.63) is 36.0 Å². The Labute approximate surface area is 108 Å². The fourth-order valence-electron chi connectivity index (χ4n) is 2.81. The molecule has 3 heteroatoms. The lowest BCUT2D eigenvalue weighted by Crippen LogP contribution is -2.43. The monoisotopic (exact) mass is 243 g/mol. The zero-order valence-corrected chi connectivity index (χ0v) is 10.9. The number of H-pyrrole nitrogens is 1. The van der Waals surface area contributed by atoms with E-state index in [2.05, 4.69) is 46.5 Å². The molecule has 1 aromatic carbocycles. The molecule has 1 saturated heterocycles. The van der Waals surface area contributed by atoms with E-state index in [1.807, 2.05) is 6.20 Å². The molecule has 1 aliphatic rings. The van der Waals surface area contributed by atoms with Crippen LogP contribution in [0.25, 0.3) is 10.9 Å². The third-order valence-electron chi connectivity index (χ3n) is 3.84. The summed E-state index contributed by atoms with van der Waals surface area (Å²) in [5, 5.41) is 4.97. The van der Waals surface area contributed by atoms with Gasteiger partial charge in [-0.1, -0.05) is 6.07 Å². The van der Waals surface area contributed by atoms with Crippen LogP contribution in [0.1, 0.15) is 18.4 Å². The van der Waals surface area contributed by atoms with E-state index in [1.165, 1.54) is 42.4 Å². The van der Waals surface area contributed by atoms with Gasteiger partial charge in [-0.15, -0.1) is 0 Å². The van der Waals surface area contributed by atoms with Crippen molar-refractivity contribution < 1.29 is 0 Å². The quantitative estimate of drug-likeness (QED) is 0.867. The summed E-state index contributed by atoms with van der Waals surface area (Å²) in [5.74, 6) is 0. The van der Waals surface area contributed by atoms with Crippen LogP contribution in [-0.4, -0.2) is 36.1 Å². The number of benzene rings is 1. The van der Waals surface area contributed by atoms with Crippen molar-refractivity contribution in [2.75, 3.05) is 20.1 Å². The van der Waals surface area contributed by atoms with Crippen molar-refractivity contribution in [1.29, 1.82) is 0 Å². The molecular formula is C15H21N3. The summed E-state index contributed by atoms with van der Waals surface area (Å²) in [5.41, 5.74) is 2.59. The predicted molar refractivity (Wildman–Crippen MR) is 75.7 cm³/mol. The van der Waals surface area contributed by atoms with Crippen LogP contribution in [0.4, 0.5) is 0 Å². The minimum atomic E-state index is 0.644. The van der Waals surface area contributed by atoms with Gasteiger partial charge in [0.1, 0.15) is 0 Å². The summed E-state index contributed by atoms with van der Waals surface area (Å²) in [7, 11) is 2.21. The number of nitrogens with zero attached hydrogens (tertiary/aromatic N) is 1. The first kappa shape index (κ1) is 11.8. The number of rotatable bonds is 3. The SMILES string of the molecule is CN1CCCC(NCc2ccc3[nH]ccc3c2)C1. The number of nitrogens with one attached hydrogen (secondary N) is 2. The molecule has 2 N–H and O–H groups in total. The number of hydrogen-bond acceptors (Lipinski definition) is 2. The third-order valence-corrected chi connectivity index (χ3v) is 3.84. The normalized spacial score (nSPS) is 21.5. The van der Waals surface area contributed by atoms with Crippen molar-refractivity contribution in [1.82, 2.24) is 15.2 Å². The second-order valence-electron chi connectivity index (χ2n) is 5.38. The smallest absolute Gasteiger partial charge is 0.0454 e. The van der Waals surface area contributed by atoms with Crippen molar-refractivity contribution in [2.24, 2.45) is 0 Å². The molecule has 3 nitrogen and oxygen atoms in total. The highest BCUT2D eigenvalue weighted by molar-refractivity contribution is 5.79. The molecule has 0 radical (unpaired) electrons. The summed E-state index contributed by atoms with van der Waals surface area (Å²) in [6, 6.07) is 9.42. The van der Waals surface area contributed by atoms with Crippen molar-refractivity contribution in [2.45, 2.75) is 25.4 Å². The number of likely N-dealkylation sites (tertiary alicyclic amines) is 1. The summed E-state index contributed by atoms with van der Waals surface area (Å²) in [6.45, 7) is 3.39. The van der Waals surface area contributed by atoms with Crippen LogP contribution in [-0.2, 0) is 6.54 Å². The highest BCUT2D eigenvalue weighted by atomic mass is 15.1. The Kier molecular flexibility index (Phi) is 3.35. The van der Waals surface area contributed by atoms with Gasteiger partial charge >= 0.3 is 0 Å². The van der Waals surface area contributed by atoms with E-state index in [9.17, 15) is 0 Å². The molecule has 0 amide bonds. The predicted octanol–water partition coefficient (Wildman–Crippen LogP) is 2.35. The fraction of sp³-hybridized carbons (Fsp3) is 0.467. The first-order valence-corrected chi connectivity index (χ1v) is 6.79. The molecule has 1 aromatic heterocycles. The van der Waals surface area contributed by atoms with Gasteiger partial charge in [0.25, 0.3) is 0 Å². The Morgan fingerprint density at radius 1 is 1.39 bits per heavy atom. The molecule has 2 heterocycles. The topological polar surface area (TPSA) is 31.1 Å². The molecule has 2 aromatic rings. The van der Waals surface area contributed by atoms with Crippen molar-refractivity contribution in [3.63, 3.8) is 0 Å². The van der Waals surface area contributed by atoms with Gasteiger partial charge in [0.2, 0.25) is 0 Å². The Morgan fingerprint density at radius 2 is 2.33 bits per heavy atom. The maximum atomic E-state index is 3.67. The number of likely N-dealkylation sites (N-methyl/N-ethyl adjacent to an activating group) is 1. The van der Waals surface area contributed by atoms with E-state index in [4.69, 9.17) is 0 Å². The first-order chi connectivity index (χ1) is 8.81. The minimum absolute atomic E-state index is 0.644. The van der Waals surface area contributed by atoms with E-state index < -0.39 is 0 Å². The Bertz CT molecular complexity index is 517. The number of aromatic amines is 1. The summed E-state index contributed by atoms with van der Waals surface area (Å²) in [4.78, 5) is 5.64. The van der Waals surface area contributed by atoms with Gasteiger partial charge < -0.3 is 15.2 Å². The van der Waals surface area contributed by atoms with Crippen LogP contribution in [0.3, 0.4) is 0 Å². The van der Waals surface area contributed by atoms with Crippen LogP contribution in [0.5, 0.6) is 0 Å². The van der Waals surface area contributed by atoms with Gasteiger partial charge in [0.15, 0.2) is 0 Å². The van der Waals surface area contributed by atoms with Crippen LogP contribution in [0, 0.1) is 0 Å². The minimum Gasteiger partial charge on any atom is -0.361 e. The zero-order valence-electron chi connectivity index (χ0n) is 10.9. The maximum absolute atomic E-state index is 3.67. The average Bonchev–Trinajstić information content (AvgIpc) is 2.84. The van der Waals surface area contributed by atoms with Crippen molar-refractivity contribution in [3.8, 4) is 0 Å². The largest absolute Gasteiger partial charge is 0.361 e. The molecule has 0 aliphatic carbocycles. The number of aromatic nitrogens is 1. The Balaban J connectivity index is 1.61. The second-order valence-corrected chi connectivity index (χ2v) is 5.38. The van der Waals surface area contributed by atoms with Gasteiger partial charge in [0, 0.05) is 30.8 Å². The number of piperidine rings is 1. The van der Waals surface area contributed by atoms with Crippen LogP contribution < -0.4 is 5.32 Å². The molecule has 0 saturated carbocycles. The maximum Gasteiger partial charge on any atom is 0.0454 e. The summed E-state index contributed by atoms with van der Waals surface area (Å²) in [6.07, 6.45) is 4.61. The van der Waals surface area contributed by atoms with E-state index in [-0.39, 0.29) is 0 Å². The summed E-state index contributed by atoms with van der Waals surface area (Å²) < 4.78 is 0. The molecule has 1 aliphatic heterocycles. The van der Waals surface area contributed by atoms with Gasteiger partial charge in [0.05, 0.1) is 0 Å². The van der Waals surface area contributed by atoms with E-state index in [0.29, 0.717) is 6.04 Å². The number of hydrogen-bond donors (Lipinski definition) is 2. The molecule has 0 spiro atoms. The summed E-state index contributed by atoms with van der Waals surface area (Å²) >= 11 is 0. The Hall–Kier alpha value is -1.32. The van der Waals surface area contributed by atoms with Gasteiger partial charge in [-0.05, 0) is 55.6 Å². The van der Waals surface area contributed by atoms with Crippen LogP contribution in [0.15, 0.2) is 30.5 Å². The average molecular weight is 243 g/mol. The van der Waals surface area contributed by atoms with Crippen LogP contribution in [0.2, 0.25) is 0 Å². The molecule has 0 bridgehead atoms. The zero-order chi connectivity index (χ0) is 12.4. The van der Waals surface area contributed by atoms with Crippen LogP contribution >= 0.6 is 0 Å². The fourth-order valence-corrected chi connectivity index (χ4v) is 2.81. The van der Waals surface area contributed by atoms with E-state index >= 15 is 0 Å². The molecule has 96 valence electrons. The molecular weight excluding hydrogens is 222 g/mol. The van der Waals surface area contributed by atoms with Crippen molar-refractivity contribution >= 4 is 10.9 Å². The standard InChI is InChI=1S/C15H21N3/c1-18-8-2-3-14(11-18)17-10-12-4-5-15-13(9-12)6-7-16-15/h4-7,9,14,16-17H,2-3,8,10-11H2,1H3. The lowest BCUT2D eigenvalue weighted by Gasteiger charge is -2.30. The van der Waals surface area contributed by atoms with E-state index in [1.54, 1.807) is 0 Å². The molecule has 1 unspecified atom stereocenters. The second kappa shape index (κ2) is 5.12. The lowest BCUT2D eigenvalue weighted by molar-refractivity contribution is 0.226. The van der Waals surface area contributed by atoms with Gasteiger partial charge in [-0.3, -0.25) is 0 Å². The van der Waals surface area contributed by atoms with Gasteiger partial charge in [-0.25, -0.2) is 0 Å². The molecule has 18 heavy (non-hydrogen) atoms. The highest BCUT2D eigenvalue weighted by Crippen LogP contribution is 2.15. The highest BCUT2D eigenvalue weighted by Gasteiger charge is 2.16. The molecule has 3 rings (SSSR count). The molecule has 1 fully saturated rings.